The largest absolute Gasteiger partial charge is 0.338 e. The molecule has 4 nitrogen and oxygen atoms in total. The highest BCUT2D eigenvalue weighted by Gasteiger charge is 2.24. The Morgan fingerprint density at radius 2 is 1.91 bits per heavy atom. The second kappa shape index (κ2) is 9.91. The molecule has 1 amide bonds. The molecule has 1 atom stereocenters. The summed E-state index contributed by atoms with van der Waals surface area (Å²) in [4.78, 5) is 16.7. The number of carbonyl (C=O) groups excluding carboxylic acids is 1. The first-order chi connectivity index (χ1) is 10.6. The maximum absolute atomic E-state index is 12.5. The molecule has 0 aromatic heterocycles. The predicted octanol–water partition coefficient (Wildman–Crippen LogP) is 2.52. The summed E-state index contributed by atoms with van der Waals surface area (Å²) in [7, 11) is 0. The van der Waals surface area contributed by atoms with Crippen LogP contribution in [0.2, 0.25) is 0 Å². The van der Waals surface area contributed by atoms with Crippen LogP contribution in [0.25, 0.3) is 0 Å². The zero-order valence-corrected chi connectivity index (χ0v) is 15.1. The molecule has 1 aliphatic heterocycles. The summed E-state index contributed by atoms with van der Waals surface area (Å²) in [6, 6.07) is 10.5. The van der Waals surface area contributed by atoms with Crippen molar-refractivity contribution in [1.29, 1.82) is 0 Å². The second-order valence-electron chi connectivity index (χ2n) is 6.37. The summed E-state index contributed by atoms with van der Waals surface area (Å²) in [5.74, 6) is 0.837. The van der Waals surface area contributed by atoms with E-state index in [2.05, 4.69) is 24.0 Å². The summed E-state index contributed by atoms with van der Waals surface area (Å²) in [6.07, 6.45) is 2.21. The fourth-order valence-electron chi connectivity index (χ4n) is 3.11. The van der Waals surface area contributed by atoms with Crippen molar-refractivity contribution in [2.24, 2.45) is 11.7 Å². The molecule has 2 N–H and O–H groups in total. The molecule has 2 rings (SSSR count). The monoisotopic (exact) mass is 339 g/mol. The Hall–Kier alpha value is -1.10. The number of hydrogen-bond donors (Lipinski definition) is 1. The Bertz CT molecular complexity index is 459. The summed E-state index contributed by atoms with van der Waals surface area (Å²) in [5.41, 5.74) is 7.16. The van der Waals surface area contributed by atoms with Crippen molar-refractivity contribution < 1.29 is 4.79 Å². The van der Waals surface area contributed by atoms with Gasteiger partial charge in [-0.2, -0.15) is 0 Å². The Kier molecular flexibility index (Phi) is 8.59. The first-order valence-corrected chi connectivity index (χ1v) is 8.39. The van der Waals surface area contributed by atoms with Crippen LogP contribution in [0, 0.1) is 5.92 Å². The molecule has 1 unspecified atom stereocenters. The van der Waals surface area contributed by atoms with E-state index >= 15 is 0 Å². The number of nitrogens with zero attached hydrogens (tertiary/aromatic N) is 2. The molecule has 0 radical (unpaired) electrons. The minimum atomic E-state index is 0. The van der Waals surface area contributed by atoms with Gasteiger partial charge < -0.3 is 10.6 Å². The van der Waals surface area contributed by atoms with Crippen LogP contribution < -0.4 is 5.73 Å². The number of carbonyl (C=O) groups is 1. The maximum Gasteiger partial charge on any atom is 0.237 e. The van der Waals surface area contributed by atoms with Gasteiger partial charge in [0.1, 0.15) is 0 Å². The van der Waals surface area contributed by atoms with Gasteiger partial charge in [-0.25, -0.2) is 0 Å². The lowest BCUT2D eigenvalue weighted by molar-refractivity contribution is -0.133. The standard InChI is InChI=1S/C18H29N3O.ClH/c1-3-21(13-16-7-5-4-6-8-16)18(22)14-20-11-9-17(10-12-20)15(2)19;/h4-8,15,17H,3,9-14,19H2,1-2H3;1H. The van der Waals surface area contributed by atoms with Gasteiger partial charge in [-0.15, -0.1) is 12.4 Å². The highest BCUT2D eigenvalue weighted by atomic mass is 35.5. The third kappa shape index (κ3) is 6.13. The van der Waals surface area contributed by atoms with Gasteiger partial charge in [0.05, 0.1) is 6.54 Å². The molecule has 1 saturated heterocycles. The normalized spacial score (nSPS) is 17.3. The van der Waals surface area contributed by atoms with E-state index in [1.807, 2.05) is 30.0 Å². The average Bonchev–Trinajstić information content (AvgIpc) is 2.54. The molecule has 1 aromatic carbocycles. The van der Waals surface area contributed by atoms with Crippen molar-refractivity contribution in [1.82, 2.24) is 9.80 Å². The Balaban J connectivity index is 0.00000264. The molecule has 1 heterocycles. The Labute approximate surface area is 146 Å². The van der Waals surface area contributed by atoms with Crippen LogP contribution in [0.15, 0.2) is 30.3 Å². The summed E-state index contributed by atoms with van der Waals surface area (Å²) in [6.45, 7) is 8.10. The van der Waals surface area contributed by atoms with Crippen molar-refractivity contribution in [3.05, 3.63) is 35.9 Å². The predicted molar refractivity (Wildman–Crippen MR) is 97.6 cm³/mol. The number of halogens is 1. The minimum absolute atomic E-state index is 0. The lowest BCUT2D eigenvalue weighted by Crippen LogP contribution is -2.45. The van der Waals surface area contributed by atoms with Crippen molar-refractivity contribution in [2.75, 3.05) is 26.2 Å². The van der Waals surface area contributed by atoms with Gasteiger partial charge in [-0.3, -0.25) is 9.69 Å². The lowest BCUT2D eigenvalue weighted by atomic mass is 9.91. The number of piperidine rings is 1. The lowest BCUT2D eigenvalue weighted by Gasteiger charge is -2.34. The highest BCUT2D eigenvalue weighted by Crippen LogP contribution is 2.19. The summed E-state index contributed by atoms with van der Waals surface area (Å²) < 4.78 is 0. The van der Waals surface area contributed by atoms with Crippen LogP contribution >= 0.6 is 12.4 Å². The van der Waals surface area contributed by atoms with Crippen molar-refractivity contribution in [3.63, 3.8) is 0 Å². The highest BCUT2D eigenvalue weighted by molar-refractivity contribution is 5.85. The van der Waals surface area contributed by atoms with Crippen molar-refractivity contribution in [3.8, 4) is 0 Å². The molecule has 23 heavy (non-hydrogen) atoms. The van der Waals surface area contributed by atoms with Gasteiger partial charge >= 0.3 is 0 Å². The van der Waals surface area contributed by atoms with Crippen LogP contribution in [-0.4, -0.2) is 47.9 Å². The van der Waals surface area contributed by atoms with E-state index in [9.17, 15) is 4.79 Å². The average molecular weight is 340 g/mol. The number of hydrogen-bond acceptors (Lipinski definition) is 3. The molecule has 0 bridgehead atoms. The van der Waals surface area contributed by atoms with E-state index in [1.54, 1.807) is 0 Å². The number of nitrogens with two attached hydrogens (primary N) is 1. The third-order valence-corrected chi connectivity index (χ3v) is 4.69. The Morgan fingerprint density at radius 1 is 1.30 bits per heavy atom. The number of rotatable bonds is 6. The maximum atomic E-state index is 12.5. The number of likely N-dealkylation sites (tertiary alicyclic amines) is 1. The first-order valence-electron chi connectivity index (χ1n) is 8.39. The number of benzene rings is 1. The fraction of sp³-hybridized carbons (Fsp3) is 0.611. The molecule has 0 saturated carbocycles. The molecule has 5 heteroatoms. The molecule has 130 valence electrons. The van der Waals surface area contributed by atoms with E-state index in [1.165, 1.54) is 5.56 Å². The van der Waals surface area contributed by atoms with Gasteiger partial charge in [0, 0.05) is 19.1 Å². The Morgan fingerprint density at radius 3 is 2.43 bits per heavy atom. The smallest absolute Gasteiger partial charge is 0.237 e. The quantitative estimate of drug-likeness (QED) is 0.866. The van der Waals surface area contributed by atoms with Gasteiger partial charge in [0.15, 0.2) is 0 Å². The molecule has 1 aliphatic rings. The molecular weight excluding hydrogens is 310 g/mol. The van der Waals surface area contributed by atoms with Crippen LogP contribution in [0.3, 0.4) is 0 Å². The molecule has 0 aliphatic carbocycles. The van der Waals surface area contributed by atoms with Gasteiger partial charge in [-0.05, 0) is 51.3 Å². The molecule has 1 fully saturated rings. The van der Waals surface area contributed by atoms with Crippen molar-refractivity contribution >= 4 is 18.3 Å². The number of likely N-dealkylation sites (N-methyl/N-ethyl adjacent to an activating group) is 1. The summed E-state index contributed by atoms with van der Waals surface area (Å²) >= 11 is 0. The summed E-state index contributed by atoms with van der Waals surface area (Å²) in [5, 5.41) is 0. The number of amides is 1. The zero-order chi connectivity index (χ0) is 15.9. The topological polar surface area (TPSA) is 49.6 Å². The van der Waals surface area contributed by atoms with Crippen LogP contribution in [0.4, 0.5) is 0 Å². The van der Waals surface area contributed by atoms with E-state index in [0.717, 1.165) is 32.5 Å². The van der Waals surface area contributed by atoms with E-state index in [4.69, 9.17) is 5.73 Å². The van der Waals surface area contributed by atoms with E-state index in [-0.39, 0.29) is 24.4 Å². The van der Waals surface area contributed by atoms with E-state index < -0.39 is 0 Å². The van der Waals surface area contributed by atoms with E-state index in [0.29, 0.717) is 19.0 Å². The van der Waals surface area contributed by atoms with Gasteiger partial charge in [0.25, 0.3) is 0 Å². The van der Waals surface area contributed by atoms with Crippen LogP contribution in [-0.2, 0) is 11.3 Å². The zero-order valence-electron chi connectivity index (χ0n) is 14.3. The SMILES string of the molecule is CCN(Cc1ccccc1)C(=O)CN1CCC(C(C)N)CC1.Cl. The minimum Gasteiger partial charge on any atom is -0.338 e. The third-order valence-electron chi connectivity index (χ3n) is 4.69. The van der Waals surface area contributed by atoms with Crippen LogP contribution in [0.1, 0.15) is 32.3 Å². The molecule has 0 spiro atoms. The van der Waals surface area contributed by atoms with Gasteiger partial charge in [-0.1, -0.05) is 30.3 Å². The van der Waals surface area contributed by atoms with Crippen LogP contribution in [0.5, 0.6) is 0 Å². The molecular formula is C18H30ClN3O. The van der Waals surface area contributed by atoms with Gasteiger partial charge in [0.2, 0.25) is 5.91 Å². The second-order valence-corrected chi connectivity index (χ2v) is 6.37. The van der Waals surface area contributed by atoms with Crippen molar-refractivity contribution in [2.45, 2.75) is 39.3 Å². The first kappa shape index (κ1) is 19.9. The fourth-order valence-corrected chi connectivity index (χ4v) is 3.11. The molecule has 1 aromatic rings.